The largest absolute Gasteiger partial charge is 0.500 e. The number of allylic oxidation sites excluding steroid dienone is 4. The smallest absolute Gasteiger partial charge is 0.125 e. The molecule has 0 amide bonds. The average molecular weight is 343 g/mol. The molecule has 1 aliphatic rings. The van der Waals surface area contributed by atoms with E-state index in [1.807, 2.05) is 0 Å². The lowest BCUT2D eigenvalue weighted by atomic mass is 9.64. The molecule has 0 fully saturated rings. The molecule has 1 aromatic carbocycles. The van der Waals surface area contributed by atoms with E-state index in [-0.39, 0.29) is 5.41 Å². The molecule has 0 saturated heterocycles. The lowest BCUT2D eigenvalue weighted by Gasteiger charge is -2.42. The monoisotopic (exact) mass is 342 g/mol. The van der Waals surface area contributed by atoms with Crippen LogP contribution in [-0.2, 0) is 4.74 Å². The molecule has 1 aromatic rings. The molecule has 0 saturated carbocycles. The van der Waals surface area contributed by atoms with Crippen LogP contribution in [0.1, 0.15) is 62.4 Å². The summed E-state index contributed by atoms with van der Waals surface area (Å²) in [4.78, 5) is 0. The van der Waals surface area contributed by atoms with Gasteiger partial charge in [-0.15, -0.1) is 0 Å². The third-order valence-electron chi connectivity index (χ3n) is 6.64. The Morgan fingerprint density at radius 3 is 1.60 bits per heavy atom. The van der Waals surface area contributed by atoms with Crippen molar-refractivity contribution in [1.29, 1.82) is 0 Å². The molecule has 2 rings (SSSR count). The van der Waals surface area contributed by atoms with Crippen molar-refractivity contribution >= 4 is 5.57 Å². The first-order chi connectivity index (χ1) is 11.5. The maximum absolute atomic E-state index is 5.81. The molecule has 1 atom stereocenters. The molecule has 0 bridgehead atoms. The molecule has 1 unspecified atom stereocenters. The molecule has 2 nitrogen and oxygen atoms in total. The van der Waals surface area contributed by atoms with Crippen molar-refractivity contribution in [3.8, 4) is 5.75 Å². The Labute approximate surface area is 153 Å². The maximum Gasteiger partial charge on any atom is 0.125 e. The van der Waals surface area contributed by atoms with E-state index < -0.39 is 0 Å². The Bertz CT molecular complexity index is 747. The summed E-state index contributed by atoms with van der Waals surface area (Å²) in [7, 11) is 3.56. The number of rotatable bonds is 3. The first kappa shape index (κ1) is 19.6. The lowest BCUT2D eigenvalue weighted by Crippen LogP contribution is -2.31. The highest BCUT2D eigenvalue weighted by molar-refractivity contribution is 5.82. The summed E-state index contributed by atoms with van der Waals surface area (Å²) < 4.78 is 11.5. The molecule has 0 spiro atoms. The van der Waals surface area contributed by atoms with Gasteiger partial charge in [0, 0.05) is 5.41 Å². The minimum absolute atomic E-state index is 0.0334. The molecule has 0 aromatic heterocycles. The van der Waals surface area contributed by atoms with Crippen LogP contribution in [-0.4, -0.2) is 14.2 Å². The first-order valence-corrected chi connectivity index (χ1v) is 9.13. The number of methoxy groups -OCH3 is 2. The summed E-state index contributed by atoms with van der Waals surface area (Å²) >= 11 is 0. The van der Waals surface area contributed by atoms with Gasteiger partial charge in [-0.25, -0.2) is 0 Å². The van der Waals surface area contributed by atoms with Crippen LogP contribution in [0.4, 0.5) is 0 Å². The summed E-state index contributed by atoms with van der Waals surface area (Å²) in [5.74, 6) is 2.50. The summed E-state index contributed by atoms with van der Waals surface area (Å²) in [6.07, 6.45) is 0. The summed E-state index contributed by atoms with van der Waals surface area (Å²) in [5.41, 5.74) is 10.6. The Hall–Kier alpha value is -1.70. The number of hydrogen-bond donors (Lipinski definition) is 0. The van der Waals surface area contributed by atoms with E-state index >= 15 is 0 Å². The summed E-state index contributed by atoms with van der Waals surface area (Å²) in [6.45, 7) is 20.1. The molecule has 0 heterocycles. The fourth-order valence-corrected chi connectivity index (χ4v) is 4.55. The normalized spacial score (nSPS) is 20.2. The van der Waals surface area contributed by atoms with Crippen molar-refractivity contribution in [2.45, 2.75) is 62.3 Å². The van der Waals surface area contributed by atoms with Gasteiger partial charge in [0.15, 0.2) is 0 Å². The quantitative estimate of drug-likeness (QED) is 0.642. The highest BCUT2D eigenvalue weighted by Crippen LogP contribution is 2.52. The van der Waals surface area contributed by atoms with Gasteiger partial charge >= 0.3 is 0 Å². The van der Waals surface area contributed by atoms with Crippen LogP contribution in [0, 0.1) is 39.0 Å². The van der Waals surface area contributed by atoms with Gasteiger partial charge in [-0.1, -0.05) is 20.8 Å². The van der Waals surface area contributed by atoms with Crippen LogP contribution in [0.3, 0.4) is 0 Å². The Morgan fingerprint density at radius 1 is 0.720 bits per heavy atom. The van der Waals surface area contributed by atoms with Crippen LogP contribution in [0.2, 0.25) is 0 Å². The van der Waals surface area contributed by atoms with Gasteiger partial charge in [0.1, 0.15) is 11.5 Å². The van der Waals surface area contributed by atoms with E-state index in [0.717, 1.165) is 11.5 Å². The highest BCUT2D eigenvalue weighted by Gasteiger charge is 2.41. The van der Waals surface area contributed by atoms with Gasteiger partial charge in [0.25, 0.3) is 0 Å². The molecule has 0 aliphatic heterocycles. The van der Waals surface area contributed by atoms with Crippen molar-refractivity contribution in [1.82, 2.24) is 0 Å². The third-order valence-corrected chi connectivity index (χ3v) is 6.64. The van der Waals surface area contributed by atoms with Crippen LogP contribution in [0.25, 0.3) is 5.57 Å². The van der Waals surface area contributed by atoms with Gasteiger partial charge in [-0.3, -0.25) is 0 Å². The topological polar surface area (TPSA) is 18.5 Å². The second-order valence-corrected chi connectivity index (χ2v) is 8.05. The highest BCUT2D eigenvalue weighted by atomic mass is 16.5. The number of hydrogen-bond acceptors (Lipinski definition) is 2. The summed E-state index contributed by atoms with van der Waals surface area (Å²) in [6, 6.07) is 0. The zero-order valence-corrected chi connectivity index (χ0v) is 17.9. The van der Waals surface area contributed by atoms with E-state index in [1.165, 1.54) is 44.5 Å². The Morgan fingerprint density at radius 2 is 1.20 bits per heavy atom. The van der Waals surface area contributed by atoms with E-state index in [2.05, 4.69) is 62.3 Å². The second kappa shape index (κ2) is 6.55. The van der Waals surface area contributed by atoms with Crippen LogP contribution in [0.5, 0.6) is 5.75 Å². The average Bonchev–Trinajstić information content (AvgIpc) is 2.55. The van der Waals surface area contributed by atoms with Crippen LogP contribution < -0.4 is 4.74 Å². The van der Waals surface area contributed by atoms with Crippen molar-refractivity contribution in [2.24, 2.45) is 11.3 Å². The van der Waals surface area contributed by atoms with E-state index in [9.17, 15) is 0 Å². The van der Waals surface area contributed by atoms with Crippen LogP contribution in [0.15, 0.2) is 16.9 Å². The van der Waals surface area contributed by atoms with Crippen molar-refractivity contribution in [3.63, 3.8) is 0 Å². The van der Waals surface area contributed by atoms with Crippen molar-refractivity contribution < 1.29 is 9.47 Å². The molecule has 138 valence electrons. The standard InChI is InChI=1S/C23H34O2/c1-12-15(4)21(24-10)16(5)13(2)19(12)20-14(3)17(6)22(25-11)23(8,9)18(20)7/h18H,1-11H3. The van der Waals surface area contributed by atoms with Gasteiger partial charge in [0.05, 0.1) is 14.2 Å². The van der Waals surface area contributed by atoms with Crippen molar-refractivity contribution in [3.05, 3.63) is 44.7 Å². The van der Waals surface area contributed by atoms with Gasteiger partial charge < -0.3 is 9.47 Å². The minimum atomic E-state index is -0.0334. The molecular formula is C23H34O2. The zero-order valence-electron chi connectivity index (χ0n) is 17.9. The molecule has 25 heavy (non-hydrogen) atoms. The first-order valence-electron chi connectivity index (χ1n) is 9.13. The fraction of sp³-hybridized carbons (Fsp3) is 0.565. The Kier molecular flexibility index (Phi) is 5.14. The predicted octanol–water partition coefficient (Wildman–Crippen LogP) is 6.30. The third kappa shape index (κ3) is 2.70. The van der Waals surface area contributed by atoms with E-state index in [1.54, 1.807) is 14.2 Å². The molecule has 1 aliphatic carbocycles. The fourth-order valence-electron chi connectivity index (χ4n) is 4.55. The van der Waals surface area contributed by atoms with Crippen LogP contribution >= 0.6 is 0 Å². The van der Waals surface area contributed by atoms with E-state index in [0.29, 0.717) is 5.92 Å². The van der Waals surface area contributed by atoms with Gasteiger partial charge in [-0.05, 0) is 92.0 Å². The molecule has 0 radical (unpaired) electrons. The van der Waals surface area contributed by atoms with E-state index in [4.69, 9.17) is 9.47 Å². The summed E-state index contributed by atoms with van der Waals surface area (Å²) in [5, 5.41) is 0. The zero-order chi connectivity index (χ0) is 19.3. The molecular weight excluding hydrogens is 308 g/mol. The molecule has 0 N–H and O–H groups in total. The maximum atomic E-state index is 5.81. The van der Waals surface area contributed by atoms with Gasteiger partial charge in [-0.2, -0.15) is 0 Å². The molecule has 2 heteroatoms. The Balaban J connectivity index is 2.91. The minimum Gasteiger partial charge on any atom is -0.500 e. The number of ether oxygens (including phenoxy) is 2. The number of benzene rings is 1. The van der Waals surface area contributed by atoms with Crippen molar-refractivity contribution in [2.75, 3.05) is 14.2 Å². The predicted molar refractivity (Wildman–Crippen MR) is 107 cm³/mol. The SMILES string of the molecule is COC1=C(C)C(C)=C(c2c(C)c(C)c(OC)c(C)c2C)C(C)C1(C)C. The van der Waals surface area contributed by atoms with Gasteiger partial charge in [0.2, 0.25) is 0 Å². The lowest BCUT2D eigenvalue weighted by molar-refractivity contribution is 0.160. The second-order valence-electron chi connectivity index (χ2n) is 8.05.